The molecule has 2 aromatic heterocycles. The second kappa shape index (κ2) is 8.67. The molecule has 8 nitrogen and oxygen atoms in total. The lowest BCUT2D eigenvalue weighted by Crippen LogP contribution is -2.22. The Morgan fingerprint density at radius 3 is 2.41 bits per heavy atom. The minimum atomic E-state index is -0.334. The Morgan fingerprint density at radius 2 is 1.68 bits per heavy atom. The lowest BCUT2D eigenvalue weighted by molar-refractivity contribution is 0.0993. The van der Waals surface area contributed by atoms with Gasteiger partial charge in [0.2, 0.25) is 0 Å². The zero-order valence-electron chi connectivity index (χ0n) is 18.5. The van der Waals surface area contributed by atoms with Crippen molar-refractivity contribution in [1.29, 1.82) is 0 Å². The fraction of sp³-hybridized carbons (Fsp3) is 0.0769. The van der Waals surface area contributed by atoms with Gasteiger partial charge < -0.3 is 11.1 Å². The van der Waals surface area contributed by atoms with Crippen molar-refractivity contribution in [3.8, 4) is 11.4 Å². The van der Waals surface area contributed by atoms with E-state index in [2.05, 4.69) is 15.3 Å². The van der Waals surface area contributed by atoms with Crippen LogP contribution in [0.4, 0.5) is 11.5 Å². The van der Waals surface area contributed by atoms with Gasteiger partial charge in [-0.3, -0.25) is 9.36 Å². The van der Waals surface area contributed by atoms with Gasteiger partial charge in [-0.15, -0.1) is 0 Å². The number of Topliss-reactive ketones (excluding diaryl/α,β-unsaturated/α-hetero) is 1. The molecular formula is C26H22N6O2. The normalized spacial score (nSPS) is 11.0. The molecule has 3 N–H and O–H groups in total. The van der Waals surface area contributed by atoms with Crippen molar-refractivity contribution in [2.75, 3.05) is 18.1 Å². The van der Waals surface area contributed by atoms with Gasteiger partial charge in [0, 0.05) is 24.7 Å². The predicted octanol–water partition coefficient (Wildman–Crippen LogP) is 3.62. The molecule has 8 heteroatoms. The highest BCUT2D eigenvalue weighted by Crippen LogP contribution is 2.24. The van der Waals surface area contributed by atoms with E-state index in [0.717, 1.165) is 11.3 Å². The van der Waals surface area contributed by atoms with E-state index in [9.17, 15) is 9.59 Å². The average molecular weight is 451 g/mol. The van der Waals surface area contributed by atoms with Crippen LogP contribution in [0.1, 0.15) is 15.9 Å². The summed E-state index contributed by atoms with van der Waals surface area (Å²) in [6.07, 6.45) is 1.65. The molecular weight excluding hydrogens is 428 g/mol. The molecule has 0 spiro atoms. The van der Waals surface area contributed by atoms with Crippen molar-refractivity contribution in [2.45, 2.75) is 6.42 Å². The van der Waals surface area contributed by atoms with E-state index in [1.54, 1.807) is 24.3 Å². The lowest BCUT2D eigenvalue weighted by Gasteiger charge is -2.06. The maximum Gasteiger partial charge on any atom is 0.339 e. The van der Waals surface area contributed by atoms with E-state index in [1.807, 2.05) is 61.6 Å². The van der Waals surface area contributed by atoms with Gasteiger partial charge in [0.25, 0.3) is 0 Å². The van der Waals surface area contributed by atoms with Crippen molar-refractivity contribution in [3.63, 3.8) is 0 Å². The smallest absolute Gasteiger partial charge is 0.339 e. The molecule has 0 atom stereocenters. The summed E-state index contributed by atoms with van der Waals surface area (Å²) in [5.74, 6) is 0.189. The molecule has 5 aromatic rings. The third-order valence-electron chi connectivity index (χ3n) is 5.70. The Labute approximate surface area is 195 Å². The minimum absolute atomic E-state index is 0.000692. The van der Waals surface area contributed by atoms with Crippen molar-refractivity contribution in [3.05, 3.63) is 107 Å². The molecule has 2 heterocycles. The van der Waals surface area contributed by atoms with Crippen molar-refractivity contribution in [2.24, 2.45) is 0 Å². The molecule has 5 rings (SSSR count). The molecule has 34 heavy (non-hydrogen) atoms. The first-order chi connectivity index (χ1) is 16.6. The third kappa shape index (κ3) is 3.71. The van der Waals surface area contributed by atoms with Gasteiger partial charge in [-0.2, -0.15) is 0 Å². The summed E-state index contributed by atoms with van der Waals surface area (Å²) < 4.78 is 2.98. The molecule has 0 aliphatic heterocycles. The topological polar surface area (TPSA) is 108 Å². The summed E-state index contributed by atoms with van der Waals surface area (Å²) >= 11 is 0. The van der Waals surface area contributed by atoms with Crippen LogP contribution in [0.5, 0.6) is 0 Å². The average Bonchev–Trinajstić information content (AvgIpc) is 3.17. The fourth-order valence-corrected chi connectivity index (χ4v) is 4.00. The van der Waals surface area contributed by atoms with Crippen LogP contribution < -0.4 is 16.7 Å². The second-order valence-electron chi connectivity index (χ2n) is 7.82. The van der Waals surface area contributed by atoms with E-state index < -0.39 is 0 Å². The van der Waals surface area contributed by atoms with Crippen LogP contribution in [0.25, 0.3) is 22.5 Å². The number of nitrogens with zero attached hydrogens (tertiary/aromatic N) is 4. The Bertz CT molecular complexity index is 1550. The number of benzene rings is 3. The Balaban J connectivity index is 1.60. The standard InChI is InChI=1S/C26H22N6O2/c1-28-19-8-5-9-21(15-19)32-25-23(24(27)29-16-30-25)31(26(32)34)20-12-10-18(11-13-20)22(33)14-17-6-3-2-4-7-17/h2-13,15-16,28H,14H2,1H3,(H2,27,29,30). The van der Waals surface area contributed by atoms with Crippen LogP contribution in [-0.4, -0.2) is 31.9 Å². The first-order valence-corrected chi connectivity index (χ1v) is 10.8. The number of nitrogens with two attached hydrogens (primary N) is 1. The van der Waals surface area contributed by atoms with Gasteiger partial charge in [0.1, 0.15) is 11.8 Å². The van der Waals surface area contributed by atoms with Crippen molar-refractivity contribution < 1.29 is 4.79 Å². The highest BCUT2D eigenvalue weighted by Gasteiger charge is 2.20. The van der Waals surface area contributed by atoms with Crippen molar-refractivity contribution >= 4 is 28.5 Å². The van der Waals surface area contributed by atoms with E-state index >= 15 is 0 Å². The molecule has 0 amide bonds. The summed E-state index contributed by atoms with van der Waals surface area (Å²) in [6, 6.07) is 23.9. The Morgan fingerprint density at radius 1 is 0.912 bits per heavy atom. The van der Waals surface area contributed by atoms with Crippen LogP contribution in [0, 0.1) is 0 Å². The predicted molar refractivity (Wildman–Crippen MR) is 133 cm³/mol. The molecule has 168 valence electrons. The van der Waals surface area contributed by atoms with E-state index in [4.69, 9.17) is 5.73 Å². The minimum Gasteiger partial charge on any atom is -0.388 e. The number of nitrogens with one attached hydrogen (secondary N) is 1. The summed E-state index contributed by atoms with van der Waals surface area (Å²) in [6.45, 7) is 0. The van der Waals surface area contributed by atoms with E-state index in [-0.39, 0.29) is 17.3 Å². The number of imidazole rings is 1. The number of fused-ring (bicyclic) bond motifs is 1. The van der Waals surface area contributed by atoms with E-state index in [0.29, 0.717) is 34.5 Å². The molecule has 0 bridgehead atoms. The maximum atomic E-state index is 13.6. The molecule has 0 unspecified atom stereocenters. The maximum absolute atomic E-state index is 13.6. The zero-order valence-corrected chi connectivity index (χ0v) is 18.5. The van der Waals surface area contributed by atoms with Gasteiger partial charge in [0.15, 0.2) is 17.2 Å². The molecule has 0 radical (unpaired) electrons. The monoisotopic (exact) mass is 450 g/mol. The molecule has 0 saturated carbocycles. The van der Waals surface area contributed by atoms with Crippen LogP contribution in [0.2, 0.25) is 0 Å². The van der Waals surface area contributed by atoms with Crippen LogP contribution in [0.3, 0.4) is 0 Å². The van der Waals surface area contributed by atoms with Crippen LogP contribution in [0.15, 0.2) is 90.0 Å². The van der Waals surface area contributed by atoms with Gasteiger partial charge >= 0.3 is 5.69 Å². The van der Waals surface area contributed by atoms with Gasteiger partial charge in [-0.05, 0) is 48.0 Å². The van der Waals surface area contributed by atoms with E-state index in [1.165, 1.54) is 15.5 Å². The number of hydrogen-bond acceptors (Lipinski definition) is 6. The summed E-state index contributed by atoms with van der Waals surface area (Å²) in [5, 5.41) is 3.08. The lowest BCUT2D eigenvalue weighted by atomic mass is 10.0. The fourth-order valence-electron chi connectivity index (χ4n) is 4.00. The summed E-state index contributed by atoms with van der Waals surface area (Å²) in [5.41, 5.74) is 10.2. The number of anilines is 2. The van der Waals surface area contributed by atoms with Gasteiger partial charge in [-0.25, -0.2) is 19.3 Å². The Hall–Kier alpha value is -4.72. The quantitative estimate of drug-likeness (QED) is 0.383. The number of aromatic nitrogens is 4. The largest absolute Gasteiger partial charge is 0.388 e. The number of rotatable bonds is 6. The first kappa shape index (κ1) is 21.1. The second-order valence-corrected chi connectivity index (χ2v) is 7.82. The number of hydrogen-bond donors (Lipinski definition) is 2. The first-order valence-electron chi connectivity index (χ1n) is 10.8. The summed E-state index contributed by atoms with van der Waals surface area (Å²) in [4.78, 5) is 34.8. The SMILES string of the molecule is CNc1cccc(-n2c(=O)n(-c3ccc(C(=O)Cc4ccccc4)cc3)c3c(N)ncnc32)c1. The summed E-state index contributed by atoms with van der Waals surface area (Å²) in [7, 11) is 1.81. The molecule has 0 saturated heterocycles. The third-order valence-corrected chi connectivity index (χ3v) is 5.70. The number of carbonyl (C=O) groups excluding carboxylic acids is 1. The molecule has 0 aliphatic carbocycles. The number of carbonyl (C=O) groups is 1. The van der Waals surface area contributed by atoms with Gasteiger partial charge in [0.05, 0.1) is 11.4 Å². The zero-order chi connectivity index (χ0) is 23.7. The van der Waals surface area contributed by atoms with Crippen LogP contribution in [-0.2, 0) is 6.42 Å². The molecule has 0 aliphatic rings. The molecule has 3 aromatic carbocycles. The number of ketones is 1. The Kier molecular flexibility index (Phi) is 5.39. The highest BCUT2D eigenvalue weighted by molar-refractivity contribution is 5.97. The molecule has 0 fully saturated rings. The number of nitrogen functional groups attached to an aromatic ring is 1. The van der Waals surface area contributed by atoms with Gasteiger partial charge in [-0.1, -0.05) is 36.4 Å². The highest BCUT2D eigenvalue weighted by atomic mass is 16.2. The van der Waals surface area contributed by atoms with Crippen molar-refractivity contribution in [1.82, 2.24) is 19.1 Å². The van der Waals surface area contributed by atoms with Crippen LogP contribution >= 0.6 is 0 Å².